The van der Waals surface area contributed by atoms with E-state index in [-0.39, 0.29) is 0 Å². The van der Waals surface area contributed by atoms with Crippen LogP contribution in [0, 0.1) is 5.95 Å². The normalized spacial score (nSPS) is 10.2. The molecule has 19 heavy (non-hydrogen) atoms. The van der Waals surface area contributed by atoms with Crippen molar-refractivity contribution < 1.29 is 4.39 Å². The number of nitrogens with zero attached hydrogens (tertiary/aromatic N) is 2. The molecule has 1 N–H and O–H groups in total. The third-order valence-corrected chi connectivity index (χ3v) is 2.92. The first-order chi connectivity index (χ1) is 9.25. The highest BCUT2D eigenvalue weighted by molar-refractivity contribution is 5.45. The zero-order chi connectivity index (χ0) is 13.5. The van der Waals surface area contributed by atoms with Gasteiger partial charge in [-0.3, -0.25) is 0 Å². The lowest BCUT2D eigenvalue weighted by Gasteiger charge is -2.19. The van der Waals surface area contributed by atoms with E-state index in [1.165, 1.54) is 18.0 Å². The fourth-order valence-electron chi connectivity index (χ4n) is 1.87. The number of halogens is 1. The summed E-state index contributed by atoms with van der Waals surface area (Å²) < 4.78 is 12.9. The molecule has 0 aliphatic rings. The lowest BCUT2D eigenvalue weighted by Crippen LogP contribution is -2.20. The van der Waals surface area contributed by atoms with Crippen LogP contribution in [0.15, 0.2) is 48.7 Å². The highest BCUT2D eigenvalue weighted by Crippen LogP contribution is 2.11. The monoisotopic (exact) mass is 259 g/mol. The van der Waals surface area contributed by atoms with Gasteiger partial charge >= 0.3 is 0 Å². The van der Waals surface area contributed by atoms with Crippen molar-refractivity contribution in [3.05, 3.63) is 54.6 Å². The maximum absolute atomic E-state index is 12.9. The Morgan fingerprint density at radius 3 is 2.74 bits per heavy atom. The summed E-state index contributed by atoms with van der Waals surface area (Å²) in [6, 6.07) is 13.4. The molecule has 0 atom stereocenters. The van der Waals surface area contributed by atoms with Gasteiger partial charge in [-0.1, -0.05) is 18.2 Å². The van der Waals surface area contributed by atoms with Gasteiger partial charge in [0.05, 0.1) is 0 Å². The largest absolute Gasteiger partial charge is 0.385 e. The standard InChI is InChI=1S/C15H18FN3/c1-19(14-6-3-2-4-7-14)11-5-9-17-13-8-10-18-15(16)12-13/h2-4,6-8,10,12H,5,9,11H2,1H3,(H,17,18). The maximum atomic E-state index is 12.9. The summed E-state index contributed by atoms with van der Waals surface area (Å²) in [6.07, 6.45) is 2.45. The Labute approximate surface area is 113 Å². The molecule has 0 spiro atoms. The fourth-order valence-corrected chi connectivity index (χ4v) is 1.87. The van der Waals surface area contributed by atoms with Crippen molar-refractivity contribution in [3.63, 3.8) is 0 Å². The van der Waals surface area contributed by atoms with Crippen molar-refractivity contribution >= 4 is 11.4 Å². The first-order valence-corrected chi connectivity index (χ1v) is 6.37. The van der Waals surface area contributed by atoms with Crippen LogP contribution in [0.5, 0.6) is 0 Å². The molecule has 1 aromatic heterocycles. The summed E-state index contributed by atoms with van der Waals surface area (Å²) in [5, 5.41) is 3.19. The molecular formula is C15H18FN3. The van der Waals surface area contributed by atoms with Gasteiger partial charge in [-0.15, -0.1) is 0 Å². The van der Waals surface area contributed by atoms with E-state index < -0.39 is 5.95 Å². The van der Waals surface area contributed by atoms with E-state index in [4.69, 9.17) is 0 Å². The van der Waals surface area contributed by atoms with Gasteiger partial charge < -0.3 is 10.2 Å². The first-order valence-electron chi connectivity index (χ1n) is 6.37. The molecule has 0 aliphatic heterocycles. The van der Waals surface area contributed by atoms with Crippen LogP contribution < -0.4 is 10.2 Å². The minimum Gasteiger partial charge on any atom is -0.385 e. The van der Waals surface area contributed by atoms with Gasteiger partial charge in [0.15, 0.2) is 0 Å². The van der Waals surface area contributed by atoms with Crippen LogP contribution in [0.2, 0.25) is 0 Å². The van der Waals surface area contributed by atoms with Crippen molar-refractivity contribution in [2.75, 3.05) is 30.4 Å². The SMILES string of the molecule is CN(CCCNc1ccnc(F)c1)c1ccccc1. The van der Waals surface area contributed by atoms with Crippen molar-refractivity contribution in [2.24, 2.45) is 0 Å². The van der Waals surface area contributed by atoms with Gasteiger partial charge in [0, 0.05) is 43.8 Å². The Hall–Kier alpha value is -2.10. The van der Waals surface area contributed by atoms with Gasteiger partial charge in [0.1, 0.15) is 0 Å². The molecule has 0 fully saturated rings. The summed E-state index contributed by atoms with van der Waals surface area (Å²) in [6.45, 7) is 1.76. The number of hydrogen-bond donors (Lipinski definition) is 1. The molecule has 0 saturated carbocycles. The average Bonchev–Trinajstić information content (AvgIpc) is 2.44. The fraction of sp³-hybridized carbons (Fsp3) is 0.267. The second-order valence-electron chi connectivity index (χ2n) is 4.40. The van der Waals surface area contributed by atoms with E-state index in [0.717, 1.165) is 25.2 Å². The molecule has 1 aromatic carbocycles. The lowest BCUT2D eigenvalue weighted by atomic mass is 10.3. The van der Waals surface area contributed by atoms with E-state index in [1.807, 2.05) is 18.2 Å². The molecule has 4 heteroatoms. The number of hydrogen-bond acceptors (Lipinski definition) is 3. The predicted octanol–water partition coefficient (Wildman–Crippen LogP) is 3.16. The van der Waals surface area contributed by atoms with E-state index in [0.29, 0.717) is 0 Å². The molecule has 0 unspecified atom stereocenters. The molecule has 100 valence electrons. The minimum atomic E-state index is -0.452. The lowest BCUT2D eigenvalue weighted by molar-refractivity contribution is 0.584. The predicted molar refractivity (Wildman–Crippen MR) is 77.0 cm³/mol. The van der Waals surface area contributed by atoms with Gasteiger partial charge in [-0.2, -0.15) is 4.39 Å². The number of benzene rings is 1. The third-order valence-electron chi connectivity index (χ3n) is 2.92. The van der Waals surface area contributed by atoms with Crippen LogP contribution in [-0.2, 0) is 0 Å². The summed E-state index contributed by atoms with van der Waals surface area (Å²) in [4.78, 5) is 5.72. The number of nitrogens with one attached hydrogen (secondary N) is 1. The van der Waals surface area contributed by atoms with Crippen LogP contribution in [0.3, 0.4) is 0 Å². The van der Waals surface area contributed by atoms with Crippen LogP contribution in [0.1, 0.15) is 6.42 Å². The van der Waals surface area contributed by atoms with Crippen LogP contribution >= 0.6 is 0 Å². The molecular weight excluding hydrogens is 241 g/mol. The maximum Gasteiger partial charge on any atom is 0.214 e. The quantitative estimate of drug-likeness (QED) is 0.638. The summed E-state index contributed by atoms with van der Waals surface area (Å²) >= 11 is 0. The van der Waals surface area contributed by atoms with Crippen LogP contribution in [0.25, 0.3) is 0 Å². The summed E-state index contributed by atoms with van der Waals surface area (Å²) in [7, 11) is 2.07. The number of pyridine rings is 1. The molecule has 0 aliphatic carbocycles. The minimum absolute atomic E-state index is 0.452. The van der Waals surface area contributed by atoms with Crippen molar-refractivity contribution in [3.8, 4) is 0 Å². The van der Waals surface area contributed by atoms with E-state index in [2.05, 4.69) is 34.4 Å². The van der Waals surface area contributed by atoms with E-state index >= 15 is 0 Å². The molecule has 0 radical (unpaired) electrons. The Morgan fingerprint density at radius 2 is 2.00 bits per heavy atom. The molecule has 2 aromatic rings. The van der Waals surface area contributed by atoms with Crippen molar-refractivity contribution in [2.45, 2.75) is 6.42 Å². The highest BCUT2D eigenvalue weighted by atomic mass is 19.1. The van der Waals surface area contributed by atoms with Crippen molar-refractivity contribution in [1.82, 2.24) is 4.98 Å². The van der Waals surface area contributed by atoms with Gasteiger partial charge in [-0.25, -0.2) is 4.98 Å². The number of rotatable bonds is 6. The number of para-hydroxylation sites is 1. The Morgan fingerprint density at radius 1 is 1.21 bits per heavy atom. The van der Waals surface area contributed by atoms with Gasteiger partial charge in [0.25, 0.3) is 0 Å². The second-order valence-corrected chi connectivity index (χ2v) is 4.40. The second kappa shape index (κ2) is 6.73. The highest BCUT2D eigenvalue weighted by Gasteiger charge is 1.99. The molecule has 0 amide bonds. The molecule has 0 saturated heterocycles. The van der Waals surface area contributed by atoms with Gasteiger partial charge in [-0.05, 0) is 24.6 Å². The topological polar surface area (TPSA) is 28.2 Å². The summed E-state index contributed by atoms with van der Waals surface area (Å²) in [5.41, 5.74) is 1.98. The van der Waals surface area contributed by atoms with Crippen LogP contribution in [-0.4, -0.2) is 25.1 Å². The molecule has 1 heterocycles. The Balaban J connectivity index is 1.72. The zero-order valence-electron chi connectivity index (χ0n) is 11.0. The van der Waals surface area contributed by atoms with E-state index in [1.54, 1.807) is 6.07 Å². The van der Waals surface area contributed by atoms with Crippen LogP contribution in [0.4, 0.5) is 15.8 Å². The van der Waals surface area contributed by atoms with E-state index in [9.17, 15) is 4.39 Å². The zero-order valence-corrected chi connectivity index (χ0v) is 11.0. The number of aromatic nitrogens is 1. The summed E-state index contributed by atoms with van der Waals surface area (Å²) in [5.74, 6) is -0.452. The molecule has 0 bridgehead atoms. The Bertz CT molecular complexity index is 502. The smallest absolute Gasteiger partial charge is 0.214 e. The average molecular weight is 259 g/mol. The molecule has 2 rings (SSSR count). The van der Waals surface area contributed by atoms with Crippen molar-refractivity contribution in [1.29, 1.82) is 0 Å². The molecule has 3 nitrogen and oxygen atoms in total. The first kappa shape index (κ1) is 13.3. The Kier molecular flexibility index (Phi) is 4.72. The third kappa shape index (κ3) is 4.25. The van der Waals surface area contributed by atoms with Gasteiger partial charge in [0.2, 0.25) is 5.95 Å². The number of anilines is 2.